The van der Waals surface area contributed by atoms with Crippen molar-refractivity contribution in [1.29, 1.82) is 0 Å². The maximum Gasteiger partial charge on any atom is 0.162 e. The molecule has 2 aliphatic rings. The first kappa shape index (κ1) is 8.38. The summed E-state index contributed by atoms with van der Waals surface area (Å²) in [6, 6.07) is 0. The molecule has 2 aliphatic heterocycles. The molecule has 1 N–H and O–H groups in total. The fourth-order valence-electron chi connectivity index (χ4n) is 2.13. The number of ether oxygens (including phenoxy) is 1. The van der Waals surface area contributed by atoms with Gasteiger partial charge in [-0.3, -0.25) is 0 Å². The van der Waals surface area contributed by atoms with Gasteiger partial charge in [0.05, 0.1) is 6.54 Å². The van der Waals surface area contributed by atoms with Crippen LogP contribution in [0.25, 0.3) is 0 Å². The summed E-state index contributed by atoms with van der Waals surface area (Å²) in [5, 5.41) is 11.7. The van der Waals surface area contributed by atoms with E-state index in [1.807, 2.05) is 0 Å². The lowest BCUT2D eigenvalue weighted by Gasteiger charge is -2.17. The third-order valence-electron chi connectivity index (χ3n) is 2.87. The summed E-state index contributed by atoms with van der Waals surface area (Å²) >= 11 is 0. The number of rotatable bonds is 1. The molecule has 0 aliphatic carbocycles. The summed E-state index contributed by atoms with van der Waals surface area (Å²) in [7, 11) is 0. The van der Waals surface area contributed by atoms with E-state index in [9.17, 15) is 0 Å². The van der Waals surface area contributed by atoms with Gasteiger partial charge < -0.3 is 14.6 Å². The molecule has 0 aromatic carbocycles. The molecule has 0 amide bonds. The van der Waals surface area contributed by atoms with Crippen molar-refractivity contribution in [2.75, 3.05) is 13.2 Å². The van der Waals surface area contributed by atoms with E-state index in [2.05, 4.69) is 20.1 Å². The Kier molecular flexibility index (Phi) is 1.99. The molecule has 1 aromatic heterocycles. The minimum Gasteiger partial charge on any atom is -0.370 e. The smallest absolute Gasteiger partial charge is 0.162 e. The van der Waals surface area contributed by atoms with Crippen LogP contribution in [0.1, 0.15) is 30.6 Å². The molecule has 76 valence electrons. The number of hydrogen-bond acceptors (Lipinski definition) is 4. The van der Waals surface area contributed by atoms with Crippen LogP contribution >= 0.6 is 0 Å². The van der Waals surface area contributed by atoms with E-state index >= 15 is 0 Å². The van der Waals surface area contributed by atoms with Gasteiger partial charge in [0.25, 0.3) is 0 Å². The zero-order chi connectivity index (χ0) is 9.38. The maximum atomic E-state index is 5.62. The summed E-state index contributed by atoms with van der Waals surface area (Å²) in [6.07, 6.45) is 2.42. The Morgan fingerprint density at radius 1 is 1.43 bits per heavy atom. The van der Waals surface area contributed by atoms with Gasteiger partial charge in [-0.05, 0) is 12.8 Å². The molecule has 5 heteroatoms. The van der Waals surface area contributed by atoms with Crippen molar-refractivity contribution < 1.29 is 4.74 Å². The lowest BCUT2D eigenvalue weighted by Crippen LogP contribution is -2.29. The second-order valence-electron chi connectivity index (χ2n) is 3.80. The van der Waals surface area contributed by atoms with E-state index in [0.717, 1.165) is 50.7 Å². The van der Waals surface area contributed by atoms with E-state index in [1.54, 1.807) is 0 Å². The van der Waals surface area contributed by atoms with Crippen molar-refractivity contribution in [3.8, 4) is 0 Å². The second kappa shape index (κ2) is 3.33. The quantitative estimate of drug-likeness (QED) is 0.695. The van der Waals surface area contributed by atoms with Gasteiger partial charge in [-0.15, -0.1) is 10.2 Å². The Balaban J connectivity index is 1.93. The summed E-state index contributed by atoms with van der Waals surface area (Å²) in [5.41, 5.74) is 0. The highest BCUT2D eigenvalue weighted by Crippen LogP contribution is 2.27. The standard InChI is InChI=1S/C9H14N4O/c1-2-7(14-5-1)9-12-11-8-6-10-3-4-13(8)9/h7,10H,1-6H2/t7-/m1/s1. The van der Waals surface area contributed by atoms with Crippen molar-refractivity contribution in [2.24, 2.45) is 0 Å². The molecule has 1 fully saturated rings. The minimum absolute atomic E-state index is 0.189. The van der Waals surface area contributed by atoms with Gasteiger partial charge in [0.1, 0.15) is 11.9 Å². The van der Waals surface area contributed by atoms with Crippen LogP contribution in [-0.4, -0.2) is 27.9 Å². The molecular weight excluding hydrogens is 180 g/mol. The topological polar surface area (TPSA) is 52.0 Å². The monoisotopic (exact) mass is 194 g/mol. The first-order valence-electron chi connectivity index (χ1n) is 5.19. The van der Waals surface area contributed by atoms with Crippen LogP contribution in [0.5, 0.6) is 0 Å². The number of nitrogens with zero attached hydrogens (tertiary/aromatic N) is 3. The van der Waals surface area contributed by atoms with Crippen LogP contribution in [-0.2, 0) is 17.8 Å². The number of aromatic nitrogens is 3. The molecule has 0 unspecified atom stereocenters. The molecule has 0 bridgehead atoms. The Labute approximate surface area is 82.5 Å². The molecule has 0 saturated carbocycles. The first-order valence-corrected chi connectivity index (χ1v) is 5.19. The van der Waals surface area contributed by atoms with Gasteiger partial charge in [0.2, 0.25) is 0 Å². The predicted octanol–water partition coefficient (Wildman–Crippen LogP) is 0.233. The van der Waals surface area contributed by atoms with Crippen LogP contribution in [0, 0.1) is 0 Å². The minimum atomic E-state index is 0.189. The highest BCUT2D eigenvalue weighted by molar-refractivity contribution is 5.02. The average Bonchev–Trinajstić information content (AvgIpc) is 2.85. The fraction of sp³-hybridized carbons (Fsp3) is 0.778. The zero-order valence-corrected chi connectivity index (χ0v) is 8.07. The number of hydrogen-bond donors (Lipinski definition) is 1. The molecule has 1 aromatic rings. The van der Waals surface area contributed by atoms with Gasteiger partial charge in [-0.2, -0.15) is 0 Å². The van der Waals surface area contributed by atoms with E-state index < -0.39 is 0 Å². The molecule has 14 heavy (non-hydrogen) atoms. The van der Waals surface area contributed by atoms with Crippen LogP contribution in [0.4, 0.5) is 0 Å². The fourth-order valence-corrected chi connectivity index (χ4v) is 2.13. The van der Waals surface area contributed by atoms with Gasteiger partial charge in [0, 0.05) is 19.7 Å². The van der Waals surface area contributed by atoms with Gasteiger partial charge >= 0.3 is 0 Å². The van der Waals surface area contributed by atoms with Gasteiger partial charge in [-0.25, -0.2) is 0 Å². The van der Waals surface area contributed by atoms with Crippen molar-refractivity contribution in [2.45, 2.75) is 32.0 Å². The van der Waals surface area contributed by atoms with E-state index in [0.29, 0.717) is 0 Å². The molecule has 0 spiro atoms. The second-order valence-corrected chi connectivity index (χ2v) is 3.80. The maximum absolute atomic E-state index is 5.62. The highest BCUT2D eigenvalue weighted by Gasteiger charge is 2.25. The van der Waals surface area contributed by atoms with E-state index in [4.69, 9.17) is 4.74 Å². The van der Waals surface area contributed by atoms with Crippen molar-refractivity contribution in [3.05, 3.63) is 11.6 Å². The van der Waals surface area contributed by atoms with E-state index in [1.165, 1.54) is 0 Å². The average molecular weight is 194 g/mol. The summed E-state index contributed by atoms with van der Waals surface area (Å²) in [4.78, 5) is 0. The molecule has 1 saturated heterocycles. The van der Waals surface area contributed by atoms with Crippen LogP contribution in [0.3, 0.4) is 0 Å². The molecule has 0 radical (unpaired) electrons. The zero-order valence-electron chi connectivity index (χ0n) is 8.07. The molecule has 3 heterocycles. The first-order chi connectivity index (χ1) is 6.95. The Morgan fingerprint density at radius 3 is 3.29 bits per heavy atom. The number of nitrogens with one attached hydrogen (secondary N) is 1. The molecule has 3 rings (SSSR count). The summed E-state index contributed by atoms with van der Waals surface area (Å²) < 4.78 is 7.82. The van der Waals surface area contributed by atoms with Gasteiger partial charge in [-0.1, -0.05) is 0 Å². The van der Waals surface area contributed by atoms with Crippen molar-refractivity contribution >= 4 is 0 Å². The summed E-state index contributed by atoms with van der Waals surface area (Å²) in [6.45, 7) is 3.67. The Morgan fingerprint density at radius 2 is 2.43 bits per heavy atom. The molecular formula is C9H14N4O. The SMILES string of the molecule is C1CO[C@@H](c2nnc3n2CCNC3)C1. The highest BCUT2D eigenvalue weighted by atomic mass is 16.5. The third-order valence-corrected chi connectivity index (χ3v) is 2.87. The normalized spacial score (nSPS) is 26.4. The molecule has 1 atom stereocenters. The Hall–Kier alpha value is -0.940. The third kappa shape index (κ3) is 1.24. The largest absolute Gasteiger partial charge is 0.370 e. The van der Waals surface area contributed by atoms with Crippen molar-refractivity contribution in [1.82, 2.24) is 20.1 Å². The number of fused-ring (bicyclic) bond motifs is 1. The molecule has 5 nitrogen and oxygen atoms in total. The van der Waals surface area contributed by atoms with Gasteiger partial charge in [0.15, 0.2) is 5.82 Å². The lowest BCUT2D eigenvalue weighted by atomic mass is 10.2. The van der Waals surface area contributed by atoms with Crippen LogP contribution in [0.2, 0.25) is 0 Å². The lowest BCUT2D eigenvalue weighted by molar-refractivity contribution is 0.101. The Bertz CT molecular complexity index is 330. The van der Waals surface area contributed by atoms with Crippen molar-refractivity contribution in [3.63, 3.8) is 0 Å². The van der Waals surface area contributed by atoms with E-state index in [-0.39, 0.29) is 6.10 Å². The summed E-state index contributed by atoms with van der Waals surface area (Å²) in [5.74, 6) is 2.07. The van der Waals surface area contributed by atoms with Crippen LogP contribution in [0.15, 0.2) is 0 Å². The predicted molar refractivity (Wildman–Crippen MR) is 49.7 cm³/mol. The van der Waals surface area contributed by atoms with Crippen LogP contribution < -0.4 is 5.32 Å².